The zero-order chi connectivity index (χ0) is 15.8. The van der Waals surface area contributed by atoms with Gasteiger partial charge in [-0.15, -0.1) is 0 Å². The zero-order valence-electron chi connectivity index (χ0n) is 13.1. The molecule has 0 saturated carbocycles. The predicted molar refractivity (Wildman–Crippen MR) is 97.5 cm³/mol. The number of hydrogen-bond acceptors (Lipinski definition) is 1. The van der Waals surface area contributed by atoms with E-state index in [0.29, 0.717) is 0 Å². The van der Waals surface area contributed by atoms with E-state index in [0.717, 1.165) is 15.6 Å². The molecule has 0 spiro atoms. The Morgan fingerprint density at radius 1 is 0.500 bits per heavy atom. The van der Waals surface area contributed by atoms with E-state index in [-0.39, 0.29) is 0 Å². The first-order chi connectivity index (χ1) is 10.8. The Hall–Kier alpha value is -2.16. The lowest BCUT2D eigenvalue weighted by Crippen LogP contribution is -2.67. The van der Waals surface area contributed by atoms with Crippen molar-refractivity contribution in [2.75, 3.05) is 0 Å². The van der Waals surface area contributed by atoms with Crippen LogP contribution in [-0.2, 0) is 0 Å². The van der Waals surface area contributed by atoms with Crippen molar-refractivity contribution in [1.82, 2.24) is 0 Å². The Balaban J connectivity index is 0.000000847. The molecule has 0 radical (unpaired) electrons. The standard InChI is InChI=1S/C18H16OSi.C2H6/c19-20(16-10-4-1-5-11-16,17-12-6-2-7-13-17)18-14-8-3-9-15-18;1-2/h1-15,19H;1-2H3. The van der Waals surface area contributed by atoms with Gasteiger partial charge in [-0.3, -0.25) is 0 Å². The Kier molecular flexibility index (Phi) is 5.70. The van der Waals surface area contributed by atoms with E-state index in [1.54, 1.807) is 0 Å². The van der Waals surface area contributed by atoms with Gasteiger partial charge in [-0.05, 0) is 15.6 Å². The van der Waals surface area contributed by atoms with Crippen molar-refractivity contribution < 1.29 is 4.80 Å². The predicted octanol–water partition coefficient (Wildman–Crippen LogP) is 2.67. The van der Waals surface area contributed by atoms with E-state index in [2.05, 4.69) is 0 Å². The Bertz CT molecular complexity index is 569. The van der Waals surface area contributed by atoms with Crippen molar-refractivity contribution in [3.8, 4) is 0 Å². The van der Waals surface area contributed by atoms with Gasteiger partial charge in [-0.2, -0.15) is 0 Å². The molecular weight excluding hydrogens is 284 g/mol. The molecule has 0 aliphatic carbocycles. The highest BCUT2D eigenvalue weighted by Gasteiger charge is 2.37. The van der Waals surface area contributed by atoms with Crippen LogP contribution in [0, 0.1) is 0 Å². The molecule has 0 atom stereocenters. The second-order valence-electron chi connectivity index (χ2n) is 4.81. The van der Waals surface area contributed by atoms with Crippen molar-refractivity contribution in [2.45, 2.75) is 13.8 Å². The normalized spacial score (nSPS) is 10.5. The second kappa shape index (κ2) is 7.73. The van der Waals surface area contributed by atoms with Crippen molar-refractivity contribution in [3.63, 3.8) is 0 Å². The summed E-state index contributed by atoms with van der Waals surface area (Å²) in [7, 11) is -2.88. The van der Waals surface area contributed by atoms with E-state index < -0.39 is 8.32 Å². The number of rotatable bonds is 3. The third kappa shape index (κ3) is 3.19. The van der Waals surface area contributed by atoms with Crippen LogP contribution < -0.4 is 15.6 Å². The quantitative estimate of drug-likeness (QED) is 0.583. The van der Waals surface area contributed by atoms with Gasteiger partial charge in [-0.1, -0.05) is 105 Å². The summed E-state index contributed by atoms with van der Waals surface area (Å²) in [4.78, 5) is 11.6. The molecule has 0 fully saturated rings. The van der Waals surface area contributed by atoms with Crippen LogP contribution >= 0.6 is 0 Å². The zero-order valence-corrected chi connectivity index (χ0v) is 14.1. The fourth-order valence-corrected chi connectivity index (χ4v) is 5.56. The lowest BCUT2D eigenvalue weighted by Gasteiger charge is -2.26. The van der Waals surface area contributed by atoms with Crippen LogP contribution in [0.3, 0.4) is 0 Å². The van der Waals surface area contributed by atoms with E-state index in [9.17, 15) is 4.80 Å². The van der Waals surface area contributed by atoms with Gasteiger partial charge >= 0.3 is 0 Å². The van der Waals surface area contributed by atoms with Crippen molar-refractivity contribution in [2.24, 2.45) is 0 Å². The van der Waals surface area contributed by atoms with Crippen LogP contribution in [0.1, 0.15) is 13.8 Å². The van der Waals surface area contributed by atoms with Crippen LogP contribution in [0.4, 0.5) is 0 Å². The van der Waals surface area contributed by atoms with Gasteiger partial charge in [0.2, 0.25) is 0 Å². The maximum atomic E-state index is 11.6. The molecule has 0 amide bonds. The Labute approximate surface area is 134 Å². The van der Waals surface area contributed by atoms with Crippen LogP contribution in [0.5, 0.6) is 0 Å². The van der Waals surface area contributed by atoms with E-state index in [4.69, 9.17) is 0 Å². The largest absolute Gasteiger partial charge is 0.421 e. The smallest absolute Gasteiger partial charge is 0.285 e. The highest BCUT2D eigenvalue weighted by molar-refractivity contribution is 7.06. The maximum Gasteiger partial charge on any atom is 0.285 e. The summed E-state index contributed by atoms with van der Waals surface area (Å²) in [5, 5.41) is 3.03. The lowest BCUT2D eigenvalue weighted by atomic mass is 10.3. The van der Waals surface area contributed by atoms with Gasteiger partial charge in [0.25, 0.3) is 8.32 Å². The number of benzene rings is 3. The molecule has 0 aliphatic rings. The van der Waals surface area contributed by atoms with Gasteiger partial charge in [0.05, 0.1) is 0 Å². The van der Waals surface area contributed by atoms with Crippen molar-refractivity contribution in [3.05, 3.63) is 91.0 Å². The van der Waals surface area contributed by atoms with Gasteiger partial charge in [0.1, 0.15) is 0 Å². The molecular formula is C20H22OSi. The first kappa shape index (κ1) is 16.2. The summed E-state index contributed by atoms with van der Waals surface area (Å²) in [5.74, 6) is 0. The summed E-state index contributed by atoms with van der Waals surface area (Å²) in [6.45, 7) is 4.00. The van der Waals surface area contributed by atoms with E-state index in [1.165, 1.54) is 0 Å². The molecule has 22 heavy (non-hydrogen) atoms. The minimum Gasteiger partial charge on any atom is -0.421 e. The first-order valence-electron chi connectivity index (χ1n) is 7.71. The molecule has 1 nitrogen and oxygen atoms in total. The van der Waals surface area contributed by atoms with Gasteiger partial charge < -0.3 is 4.80 Å². The van der Waals surface area contributed by atoms with E-state index in [1.807, 2.05) is 105 Å². The Morgan fingerprint density at radius 3 is 0.955 bits per heavy atom. The molecule has 0 aliphatic heterocycles. The van der Waals surface area contributed by atoms with Crippen molar-refractivity contribution in [1.29, 1.82) is 0 Å². The molecule has 3 rings (SSSR count). The topological polar surface area (TPSA) is 20.2 Å². The van der Waals surface area contributed by atoms with Gasteiger partial charge in [0.15, 0.2) is 0 Å². The van der Waals surface area contributed by atoms with Crippen molar-refractivity contribution >= 4 is 23.9 Å². The Morgan fingerprint density at radius 2 is 0.727 bits per heavy atom. The summed E-state index contributed by atoms with van der Waals surface area (Å²) < 4.78 is 0. The molecule has 0 bridgehead atoms. The summed E-state index contributed by atoms with van der Waals surface area (Å²) in [6.07, 6.45) is 0. The fourth-order valence-electron chi connectivity index (χ4n) is 2.54. The van der Waals surface area contributed by atoms with E-state index >= 15 is 0 Å². The minimum absolute atomic E-state index is 1.01. The number of hydrogen-bond donors (Lipinski definition) is 1. The molecule has 0 heterocycles. The molecule has 0 aromatic heterocycles. The van der Waals surface area contributed by atoms with Crippen LogP contribution in [0.25, 0.3) is 0 Å². The minimum atomic E-state index is -2.88. The molecule has 0 unspecified atom stereocenters. The summed E-state index contributed by atoms with van der Waals surface area (Å²) >= 11 is 0. The van der Waals surface area contributed by atoms with Crippen LogP contribution in [-0.4, -0.2) is 13.1 Å². The third-order valence-corrected chi connectivity index (χ3v) is 7.08. The fraction of sp³-hybridized carbons (Fsp3) is 0.100. The lowest BCUT2D eigenvalue weighted by molar-refractivity contribution is 0.583. The highest BCUT2D eigenvalue weighted by atomic mass is 28.4. The SMILES string of the molecule is CC.O[Si](c1ccccc1)(c1ccccc1)c1ccccc1. The maximum absolute atomic E-state index is 11.6. The highest BCUT2D eigenvalue weighted by Crippen LogP contribution is 2.03. The van der Waals surface area contributed by atoms with Crippen LogP contribution in [0.15, 0.2) is 91.0 Å². The van der Waals surface area contributed by atoms with Gasteiger partial charge in [-0.25, -0.2) is 0 Å². The molecule has 1 N–H and O–H groups in total. The molecule has 0 saturated heterocycles. The molecule has 2 heteroatoms. The van der Waals surface area contributed by atoms with Gasteiger partial charge in [0, 0.05) is 0 Å². The summed E-state index contributed by atoms with van der Waals surface area (Å²) in [6, 6.07) is 30.0. The molecule has 3 aromatic rings. The average Bonchev–Trinajstić information content (AvgIpc) is 2.65. The summed E-state index contributed by atoms with van der Waals surface area (Å²) in [5.41, 5.74) is 0. The third-order valence-electron chi connectivity index (χ3n) is 3.57. The van der Waals surface area contributed by atoms with Crippen LogP contribution in [0.2, 0.25) is 0 Å². The second-order valence-corrected chi connectivity index (χ2v) is 7.96. The average molecular weight is 306 g/mol. The first-order valence-corrected chi connectivity index (χ1v) is 9.65. The molecule has 112 valence electrons. The monoisotopic (exact) mass is 306 g/mol. The molecule has 3 aromatic carbocycles.